The van der Waals surface area contributed by atoms with E-state index in [-0.39, 0.29) is 5.97 Å². The minimum absolute atomic E-state index is 0.133. The molecule has 5 heteroatoms. The summed E-state index contributed by atoms with van der Waals surface area (Å²) in [6.45, 7) is 2.95. The number of rotatable bonds is 7. The number of ether oxygens (including phenoxy) is 1. The van der Waals surface area contributed by atoms with E-state index in [4.69, 9.17) is 4.74 Å². The first kappa shape index (κ1) is 15.9. The van der Waals surface area contributed by atoms with Crippen LogP contribution in [0.15, 0.2) is 35.3 Å². The van der Waals surface area contributed by atoms with E-state index in [1.54, 1.807) is 11.8 Å². The quantitative estimate of drug-likeness (QED) is 0.621. The molecule has 0 spiro atoms. The van der Waals surface area contributed by atoms with Gasteiger partial charge in [0.05, 0.1) is 6.61 Å². The average molecular weight is 306 g/mol. The molecule has 1 fully saturated rings. The Labute approximate surface area is 130 Å². The van der Waals surface area contributed by atoms with Crippen LogP contribution in [0.1, 0.15) is 25.3 Å². The predicted molar refractivity (Wildman–Crippen MR) is 87.7 cm³/mol. The number of amidine groups is 1. The van der Waals surface area contributed by atoms with Crippen molar-refractivity contribution in [3.05, 3.63) is 35.9 Å². The number of benzene rings is 1. The van der Waals surface area contributed by atoms with Crippen molar-refractivity contribution in [2.75, 3.05) is 18.9 Å². The van der Waals surface area contributed by atoms with Crippen LogP contribution in [0.2, 0.25) is 0 Å². The fraction of sp³-hybridized carbons (Fsp3) is 0.500. The van der Waals surface area contributed by atoms with Crippen LogP contribution in [0, 0.1) is 0 Å². The Bertz CT molecular complexity index is 476. The molecular formula is C16H22N2O2S. The second-order valence-electron chi connectivity index (χ2n) is 4.94. The van der Waals surface area contributed by atoms with Gasteiger partial charge in [-0.2, -0.15) is 0 Å². The maximum absolute atomic E-state index is 11.2. The van der Waals surface area contributed by atoms with Crippen LogP contribution < -0.4 is 5.32 Å². The van der Waals surface area contributed by atoms with Crippen LogP contribution in [0.25, 0.3) is 0 Å². The van der Waals surface area contributed by atoms with E-state index in [9.17, 15) is 4.79 Å². The molecule has 114 valence electrons. The molecule has 1 aliphatic heterocycles. The molecule has 0 aromatic heterocycles. The summed E-state index contributed by atoms with van der Waals surface area (Å²) in [4.78, 5) is 15.7. The van der Waals surface area contributed by atoms with Crippen molar-refractivity contribution in [2.24, 2.45) is 4.99 Å². The second-order valence-corrected chi connectivity index (χ2v) is 5.95. The van der Waals surface area contributed by atoms with Gasteiger partial charge in [0, 0.05) is 24.8 Å². The predicted octanol–water partition coefficient (Wildman–Crippen LogP) is 2.63. The summed E-state index contributed by atoms with van der Waals surface area (Å²) in [5.41, 5.74) is 1.35. The standard InChI is InChI=1S/C16H22N2O2S/c1-2-20-15(19)9-6-10-17-16-18-14(12-21-16)11-13-7-4-3-5-8-13/h3-5,7-8,14H,2,6,9-12H2,1H3,(H,17,18). The highest BCUT2D eigenvalue weighted by Gasteiger charge is 2.20. The zero-order chi connectivity index (χ0) is 14.9. The Balaban J connectivity index is 1.67. The lowest BCUT2D eigenvalue weighted by Gasteiger charge is -2.09. The highest BCUT2D eigenvalue weighted by molar-refractivity contribution is 8.14. The summed E-state index contributed by atoms with van der Waals surface area (Å²) in [6, 6.07) is 10.9. The Hall–Kier alpha value is -1.49. The minimum atomic E-state index is -0.133. The summed E-state index contributed by atoms with van der Waals surface area (Å²) < 4.78 is 4.89. The summed E-state index contributed by atoms with van der Waals surface area (Å²) in [6.07, 6.45) is 2.21. The van der Waals surface area contributed by atoms with Crippen molar-refractivity contribution in [1.29, 1.82) is 0 Å². The van der Waals surface area contributed by atoms with Crippen LogP contribution in [-0.4, -0.2) is 36.1 Å². The molecule has 1 unspecified atom stereocenters. The lowest BCUT2D eigenvalue weighted by Crippen LogP contribution is -2.29. The van der Waals surface area contributed by atoms with Crippen molar-refractivity contribution >= 4 is 22.9 Å². The number of thioether (sulfide) groups is 1. The highest BCUT2D eigenvalue weighted by Crippen LogP contribution is 2.17. The van der Waals surface area contributed by atoms with E-state index >= 15 is 0 Å². The van der Waals surface area contributed by atoms with Crippen molar-refractivity contribution in [1.82, 2.24) is 5.32 Å². The van der Waals surface area contributed by atoms with E-state index < -0.39 is 0 Å². The minimum Gasteiger partial charge on any atom is -0.466 e. The van der Waals surface area contributed by atoms with Crippen LogP contribution >= 0.6 is 11.8 Å². The van der Waals surface area contributed by atoms with E-state index in [1.165, 1.54) is 5.56 Å². The number of carbonyl (C=O) groups excluding carboxylic acids is 1. The van der Waals surface area contributed by atoms with Gasteiger partial charge >= 0.3 is 5.97 Å². The van der Waals surface area contributed by atoms with Gasteiger partial charge < -0.3 is 10.1 Å². The van der Waals surface area contributed by atoms with Crippen LogP contribution in [0.3, 0.4) is 0 Å². The molecule has 1 aromatic rings. The summed E-state index contributed by atoms with van der Waals surface area (Å²) in [5, 5.41) is 4.45. The summed E-state index contributed by atoms with van der Waals surface area (Å²) in [7, 11) is 0. The Morgan fingerprint density at radius 2 is 2.24 bits per heavy atom. The fourth-order valence-corrected chi connectivity index (χ4v) is 3.17. The second kappa shape index (κ2) is 8.72. The van der Waals surface area contributed by atoms with E-state index in [1.807, 2.05) is 13.0 Å². The fourth-order valence-electron chi connectivity index (χ4n) is 2.17. The van der Waals surface area contributed by atoms with Gasteiger partial charge in [0.25, 0.3) is 0 Å². The molecule has 0 radical (unpaired) electrons. The Kier molecular flexibility index (Phi) is 6.60. The SMILES string of the molecule is CCOC(=O)CCCN=C1NC(Cc2ccccc2)CS1. The molecule has 1 aromatic carbocycles. The van der Waals surface area contributed by atoms with Gasteiger partial charge in [-0.1, -0.05) is 42.1 Å². The topological polar surface area (TPSA) is 50.7 Å². The lowest BCUT2D eigenvalue weighted by molar-refractivity contribution is -0.143. The van der Waals surface area contributed by atoms with Gasteiger partial charge in [-0.05, 0) is 25.3 Å². The number of hydrogen-bond donors (Lipinski definition) is 1. The van der Waals surface area contributed by atoms with Crippen molar-refractivity contribution < 1.29 is 9.53 Å². The molecule has 4 nitrogen and oxygen atoms in total. The molecular weight excluding hydrogens is 284 g/mol. The van der Waals surface area contributed by atoms with Crippen LogP contribution in [0.4, 0.5) is 0 Å². The number of hydrogen-bond acceptors (Lipinski definition) is 4. The number of nitrogens with zero attached hydrogens (tertiary/aromatic N) is 1. The van der Waals surface area contributed by atoms with Crippen LogP contribution in [0.5, 0.6) is 0 Å². The smallest absolute Gasteiger partial charge is 0.305 e. The third-order valence-corrected chi connectivity index (χ3v) is 4.26. The molecule has 0 bridgehead atoms. The highest BCUT2D eigenvalue weighted by atomic mass is 32.2. The number of esters is 1. The van der Waals surface area contributed by atoms with Gasteiger partial charge in [0.15, 0.2) is 5.17 Å². The first-order valence-corrected chi connectivity index (χ1v) is 8.40. The van der Waals surface area contributed by atoms with Gasteiger partial charge in [-0.15, -0.1) is 0 Å². The number of carbonyl (C=O) groups is 1. The molecule has 0 aliphatic carbocycles. The zero-order valence-electron chi connectivity index (χ0n) is 12.4. The van der Waals surface area contributed by atoms with E-state index in [0.29, 0.717) is 25.6 Å². The van der Waals surface area contributed by atoms with Gasteiger partial charge in [-0.25, -0.2) is 0 Å². The normalized spacial score (nSPS) is 19.5. The molecule has 1 atom stereocenters. The first-order valence-electron chi connectivity index (χ1n) is 7.41. The Morgan fingerprint density at radius 3 is 3.00 bits per heavy atom. The lowest BCUT2D eigenvalue weighted by atomic mass is 10.1. The number of aliphatic imine (C=N–C) groups is 1. The molecule has 1 heterocycles. The maximum Gasteiger partial charge on any atom is 0.305 e. The monoisotopic (exact) mass is 306 g/mol. The summed E-state index contributed by atoms with van der Waals surface area (Å²) in [5.74, 6) is 0.915. The molecule has 21 heavy (non-hydrogen) atoms. The molecule has 1 saturated heterocycles. The molecule has 1 aliphatic rings. The van der Waals surface area contributed by atoms with Gasteiger partial charge in [-0.3, -0.25) is 9.79 Å². The molecule has 0 amide bonds. The third-order valence-electron chi connectivity index (χ3n) is 3.17. The number of nitrogens with one attached hydrogen (secondary N) is 1. The first-order chi connectivity index (χ1) is 10.3. The average Bonchev–Trinajstić information content (AvgIpc) is 2.92. The molecule has 0 saturated carbocycles. The third kappa shape index (κ3) is 5.79. The van der Waals surface area contributed by atoms with Crippen molar-refractivity contribution in [3.8, 4) is 0 Å². The van der Waals surface area contributed by atoms with Gasteiger partial charge in [0.1, 0.15) is 0 Å². The molecule has 2 rings (SSSR count). The van der Waals surface area contributed by atoms with E-state index in [2.05, 4.69) is 34.6 Å². The van der Waals surface area contributed by atoms with Crippen molar-refractivity contribution in [3.63, 3.8) is 0 Å². The maximum atomic E-state index is 11.2. The van der Waals surface area contributed by atoms with E-state index in [0.717, 1.165) is 23.8 Å². The zero-order valence-corrected chi connectivity index (χ0v) is 13.2. The summed E-state index contributed by atoms with van der Waals surface area (Å²) >= 11 is 1.76. The van der Waals surface area contributed by atoms with Crippen molar-refractivity contribution in [2.45, 2.75) is 32.2 Å². The Morgan fingerprint density at radius 1 is 1.43 bits per heavy atom. The van der Waals surface area contributed by atoms with Crippen LogP contribution in [-0.2, 0) is 16.0 Å². The molecule has 1 N–H and O–H groups in total. The van der Waals surface area contributed by atoms with Gasteiger partial charge in [0.2, 0.25) is 0 Å². The largest absolute Gasteiger partial charge is 0.466 e.